The van der Waals surface area contributed by atoms with Crippen molar-refractivity contribution in [1.29, 1.82) is 0 Å². The first-order chi connectivity index (χ1) is 4.31. The van der Waals surface area contributed by atoms with Crippen LogP contribution in [-0.2, 0) is 14.4 Å². The fraction of sp³-hybridized carbons (Fsp3) is 0.500. The van der Waals surface area contributed by atoms with Crippen LogP contribution in [0, 0.1) is 0 Å². The van der Waals surface area contributed by atoms with E-state index in [0.717, 1.165) is 6.21 Å². The number of esters is 1. The Labute approximate surface area is 51.2 Å². The molecular formula is C4H6FNO3. The van der Waals surface area contributed by atoms with E-state index >= 15 is 0 Å². The number of rotatable bonds is 3. The van der Waals surface area contributed by atoms with Gasteiger partial charge in [0.05, 0.1) is 7.11 Å². The Morgan fingerprint density at radius 3 is 3.00 bits per heavy atom. The third kappa shape index (κ3) is 4.73. The molecule has 4 nitrogen and oxygen atoms in total. The number of halogens is 1. The number of hydrogen-bond acceptors (Lipinski definition) is 4. The Morgan fingerprint density at radius 2 is 2.56 bits per heavy atom. The van der Waals surface area contributed by atoms with Gasteiger partial charge in [-0.25, -0.2) is 9.18 Å². The highest BCUT2D eigenvalue weighted by Crippen LogP contribution is 1.74. The van der Waals surface area contributed by atoms with Gasteiger partial charge in [0.15, 0.2) is 6.21 Å². The van der Waals surface area contributed by atoms with Crippen LogP contribution in [0.1, 0.15) is 0 Å². The van der Waals surface area contributed by atoms with Crippen molar-refractivity contribution in [2.75, 3.05) is 14.0 Å². The van der Waals surface area contributed by atoms with Crippen molar-refractivity contribution in [3.05, 3.63) is 0 Å². The van der Waals surface area contributed by atoms with E-state index in [2.05, 4.69) is 14.7 Å². The summed E-state index contributed by atoms with van der Waals surface area (Å²) in [5.74, 6) is -0.677. The molecule has 9 heavy (non-hydrogen) atoms. The molecule has 0 heterocycles. The summed E-state index contributed by atoms with van der Waals surface area (Å²) in [4.78, 5) is 13.9. The molecule has 0 aliphatic carbocycles. The molecule has 5 heteroatoms. The Morgan fingerprint density at radius 1 is 1.89 bits per heavy atom. The minimum atomic E-state index is -1.05. The van der Waals surface area contributed by atoms with Crippen molar-refractivity contribution in [2.24, 2.45) is 5.16 Å². The van der Waals surface area contributed by atoms with Gasteiger partial charge in [0, 0.05) is 0 Å². The summed E-state index contributed by atoms with van der Waals surface area (Å²) >= 11 is 0. The molecule has 0 N–H and O–H groups in total. The number of ether oxygens (including phenoxy) is 1. The second-order valence-corrected chi connectivity index (χ2v) is 0.996. The summed E-state index contributed by atoms with van der Waals surface area (Å²) in [7, 11) is 1.18. The Kier molecular flexibility index (Phi) is 4.39. The first kappa shape index (κ1) is 7.87. The average Bonchev–Trinajstić information content (AvgIpc) is 1.89. The molecule has 0 bridgehead atoms. The number of alkyl halides is 1. The molecule has 0 spiro atoms. The molecule has 0 fully saturated rings. The van der Waals surface area contributed by atoms with Crippen molar-refractivity contribution in [3.63, 3.8) is 0 Å². The third-order valence-electron chi connectivity index (χ3n) is 0.483. The summed E-state index contributed by atoms with van der Waals surface area (Å²) in [6.07, 6.45) is 0.736. The van der Waals surface area contributed by atoms with Gasteiger partial charge in [-0.15, -0.1) is 0 Å². The Balaban J connectivity index is 3.32. The van der Waals surface area contributed by atoms with Crippen LogP contribution in [0.25, 0.3) is 0 Å². The number of nitrogens with zero attached hydrogens (tertiary/aromatic N) is 1. The van der Waals surface area contributed by atoms with Crippen LogP contribution in [0.2, 0.25) is 0 Å². The van der Waals surface area contributed by atoms with Gasteiger partial charge >= 0.3 is 5.97 Å². The highest BCUT2D eigenvalue weighted by molar-refractivity contribution is 6.22. The molecule has 0 radical (unpaired) electrons. The first-order valence-electron chi connectivity index (χ1n) is 2.10. The SMILES string of the molecule is COC(=O)C=NOCF. The van der Waals surface area contributed by atoms with Gasteiger partial charge in [0.2, 0.25) is 0 Å². The Hall–Kier alpha value is -1.13. The van der Waals surface area contributed by atoms with E-state index in [1.807, 2.05) is 0 Å². The van der Waals surface area contributed by atoms with Crippen molar-refractivity contribution in [2.45, 2.75) is 0 Å². The average molecular weight is 135 g/mol. The second-order valence-electron chi connectivity index (χ2n) is 0.996. The maximum Gasteiger partial charge on any atom is 0.352 e. The molecule has 52 valence electrons. The van der Waals surface area contributed by atoms with Gasteiger partial charge < -0.3 is 9.57 Å². The first-order valence-corrected chi connectivity index (χ1v) is 2.10. The van der Waals surface area contributed by atoms with Gasteiger partial charge in [-0.3, -0.25) is 0 Å². The molecule has 0 aromatic heterocycles. The molecule has 0 aliphatic rings. The monoisotopic (exact) mass is 135 g/mol. The number of carbonyl (C=O) groups is 1. The molecule has 0 amide bonds. The molecule has 0 aromatic rings. The maximum absolute atomic E-state index is 11.1. The molecule has 0 saturated carbocycles. The Bertz CT molecular complexity index is 114. The second kappa shape index (κ2) is 5.02. The number of methoxy groups -OCH3 is 1. The zero-order valence-corrected chi connectivity index (χ0v) is 4.83. The largest absolute Gasteiger partial charge is 0.465 e. The molecule has 0 aromatic carbocycles. The van der Waals surface area contributed by atoms with E-state index in [1.54, 1.807) is 0 Å². The minimum Gasteiger partial charge on any atom is -0.465 e. The van der Waals surface area contributed by atoms with E-state index in [-0.39, 0.29) is 0 Å². The minimum absolute atomic E-state index is 0.677. The van der Waals surface area contributed by atoms with Crippen molar-refractivity contribution < 1.29 is 18.8 Å². The number of oxime groups is 1. The van der Waals surface area contributed by atoms with E-state index in [0.29, 0.717) is 0 Å². The number of hydrogen-bond donors (Lipinski definition) is 0. The van der Waals surface area contributed by atoms with Crippen LogP contribution in [0.3, 0.4) is 0 Å². The van der Waals surface area contributed by atoms with Gasteiger partial charge in [0.1, 0.15) is 0 Å². The van der Waals surface area contributed by atoms with E-state index in [4.69, 9.17) is 0 Å². The molecule has 0 saturated heterocycles. The lowest BCUT2D eigenvalue weighted by atomic mass is 10.8. The summed E-state index contributed by atoms with van der Waals surface area (Å²) in [5.41, 5.74) is 0. The lowest BCUT2D eigenvalue weighted by Crippen LogP contribution is -2.00. The highest BCUT2D eigenvalue weighted by atomic mass is 19.1. The van der Waals surface area contributed by atoms with Gasteiger partial charge in [0.25, 0.3) is 6.86 Å². The lowest BCUT2D eigenvalue weighted by Gasteiger charge is -1.87. The van der Waals surface area contributed by atoms with Crippen molar-refractivity contribution in [1.82, 2.24) is 0 Å². The van der Waals surface area contributed by atoms with E-state index in [1.165, 1.54) is 7.11 Å². The highest BCUT2D eigenvalue weighted by Gasteiger charge is 1.89. The third-order valence-corrected chi connectivity index (χ3v) is 0.483. The number of carbonyl (C=O) groups excluding carboxylic acids is 1. The van der Waals surface area contributed by atoms with E-state index in [9.17, 15) is 9.18 Å². The fourth-order valence-electron chi connectivity index (χ4n) is 0.161. The van der Waals surface area contributed by atoms with E-state index < -0.39 is 12.8 Å². The summed E-state index contributed by atoms with van der Waals surface area (Å²) < 4.78 is 15.2. The van der Waals surface area contributed by atoms with Crippen molar-refractivity contribution in [3.8, 4) is 0 Å². The van der Waals surface area contributed by atoms with Crippen molar-refractivity contribution >= 4 is 12.2 Å². The quantitative estimate of drug-likeness (QED) is 0.313. The maximum atomic E-state index is 11.1. The zero-order valence-electron chi connectivity index (χ0n) is 4.83. The van der Waals surface area contributed by atoms with Crippen LogP contribution in [-0.4, -0.2) is 26.2 Å². The lowest BCUT2D eigenvalue weighted by molar-refractivity contribution is -0.132. The van der Waals surface area contributed by atoms with Crippen LogP contribution in [0.15, 0.2) is 5.16 Å². The normalized spacial score (nSPS) is 9.56. The standard InChI is InChI=1S/C4H6FNO3/c1-8-4(7)2-6-9-3-5/h2H,3H2,1H3. The molecular weight excluding hydrogens is 129 g/mol. The molecule has 0 unspecified atom stereocenters. The smallest absolute Gasteiger partial charge is 0.352 e. The van der Waals surface area contributed by atoms with Crippen LogP contribution in [0.4, 0.5) is 4.39 Å². The summed E-state index contributed by atoms with van der Waals surface area (Å²) in [6.45, 7) is -1.05. The molecule has 0 rings (SSSR count). The predicted molar refractivity (Wildman–Crippen MR) is 27.6 cm³/mol. The zero-order chi connectivity index (χ0) is 7.11. The topological polar surface area (TPSA) is 47.9 Å². The van der Waals surface area contributed by atoms with Gasteiger partial charge in [-0.05, 0) is 0 Å². The summed E-state index contributed by atoms with van der Waals surface area (Å²) in [6, 6.07) is 0. The van der Waals surface area contributed by atoms with Crippen LogP contribution in [0.5, 0.6) is 0 Å². The van der Waals surface area contributed by atoms with Gasteiger partial charge in [-0.1, -0.05) is 5.16 Å². The van der Waals surface area contributed by atoms with Crippen LogP contribution >= 0.6 is 0 Å². The van der Waals surface area contributed by atoms with Gasteiger partial charge in [-0.2, -0.15) is 0 Å². The molecule has 0 atom stereocenters. The summed E-state index contributed by atoms with van der Waals surface area (Å²) in [5, 5.41) is 2.89. The predicted octanol–water partition coefficient (Wildman–Crippen LogP) is 0.0888. The molecule has 0 aliphatic heterocycles. The fourth-order valence-corrected chi connectivity index (χ4v) is 0.161. The van der Waals surface area contributed by atoms with Crippen LogP contribution < -0.4 is 0 Å².